The minimum Gasteiger partial charge on any atom is -0.493 e. The minimum absolute atomic E-state index is 0.146. The third-order valence-electron chi connectivity index (χ3n) is 5.49. The molecule has 1 fully saturated rings. The molecule has 36 heavy (non-hydrogen) atoms. The van der Waals surface area contributed by atoms with Crippen LogP contribution in [0.15, 0.2) is 71.6 Å². The molecule has 3 aromatic rings. The monoisotopic (exact) mass is 503 g/mol. The molecule has 2 amide bonds. The van der Waals surface area contributed by atoms with Gasteiger partial charge in [0.1, 0.15) is 12.4 Å². The number of rotatable bonds is 8. The summed E-state index contributed by atoms with van der Waals surface area (Å²) in [7, 11) is 1.46. The number of amides is 2. The number of aryl methyl sites for hydroxylation is 2. The molecule has 0 radical (unpaired) electrons. The van der Waals surface area contributed by atoms with Crippen molar-refractivity contribution in [3.05, 3.63) is 93.9 Å². The molecule has 8 heteroatoms. The normalized spacial score (nSPS) is 14.3. The van der Waals surface area contributed by atoms with E-state index in [1.54, 1.807) is 48.5 Å². The average molecular weight is 504 g/mol. The van der Waals surface area contributed by atoms with Gasteiger partial charge in [-0.1, -0.05) is 36.4 Å². The number of carbonyl (C=O) groups is 3. The third kappa shape index (κ3) is 5.78. The second-order valence-corrected chi connectivity index (χ2v) is 9.11. The van der Waals surface area contributed by atoms with Crippen molar-refractivity contribution in [2.75, 3.05) is 20.3 Å². The van der Waals surface area contributed by atoms with Crippen LogP contribution in [0.4, 0.5) is 4.79 Å². The number of ether oxygens (including phenoxy) is 3. The van der Waals surface area contributed by atoms with Gasteiger partial charge >= 0.3 is 5.97 Å². The Morgan fingerprint density at radius 2 is 1.72 bits per heavy atom. The molecule has 0 N–H and O–H groups in total. The molecule has 7 nitrogen and oxygen atoms in total. The van der Waals surface area contributed by atoms with Crippen LogP contribution in [0, 0.1) is 13.8 Å². The van der Waals surface area contributed by atoms with Crippen LogP contribution in [-0.4, -0.2) is 42.3 Å². The van der Waals surface area contributed by atoms with Gasteiger partial charge in [0, 0.05) is 0 Å². The first-order chi connectivity index (χ1) is 17.4. The molecular weight excluding hydrogens is 478 g/mol. The second kappa shape index (κ2) is 11.1. The number of thioether (sulfide) groups is 1. The number of hydrogen-bond donors (Lipinski definition) is 0. The maximum Gasteiger partial charge on any atom is 0.343 e. The van der Waals surface area contributed by atoms with Gasteiger partial charge in [-0.2, -0.15) is 0 Å². The van der Waals surface area contributed by atoms with Crippen LogP contribution in [0.25, 0.3) is 6.08 Å². The van der Waals surface area contributed by atoms with Crippen molar-refractivity contribution < 1.29 is 28.6 Å². The van der Waals surface area contributed by atoms with E-state index in [1.165, 1.54) is 12.0 Å². The van der Waals surface area contributed by atoms with E-state index in [2.05, 4.69) is 0 Å². The summed E-state index contributed by atoms with van der Waals surface area (Å²) in [5.41, 5.74) is 3.10. The Hall–Kier alpha value is -4.04. The average Bonchev–Trinajstić information content (AvgIpc) is 3.14. The van der Waals surface area contributed by atoms with Gasteiger partial charge in [0.05, 0.1) is 24.1 Å². The highest BCUT2D eigenvalue weighted by atomic mass is 32.2. The highest BCUT2D eigenvalue weighted by molar-refractivity contribution is 8.18. The zero-order valence-electron chi connectivity index (χ0n) is 20.1. The van der Waals surface area contributed by atoms with Crippen LogP contribution in [0.5, 0.6) is 17.2 Å². The van der Waals surface area contributed by atoms with Gasteiger partial charge in [0.25, 0.3) is 11.1 Å². The van der Waals surface area contributed by atoms with Crippen molar-refractivity contribution in [3.8, 4) is 17.2 Å². The van der Waals surface area contributed by atoms with Crippen molar-refractivity contribution in [2.45, 2.75) is 13.8 Å². The predicted octanol–water partition coefficient (Wildman–Crippen LogP) is 5.65. The lowest BCUT2D eigenvalue weighted by atomic mass is 10.1. The fourth-order valence-electron chi connectivity index (χ4n) is 3.55. The number of methoxy groups -OCH3 is 1. The Morgan fingerprint density at radius 3 is 2.47 bits per heavy atom. The van der Waals surface area contributed by atoms with E-state index >= 15 is 0 Å². The number of esters is 1. The van der Waals surface area contributed by atoms with Crippen molar-refractivity contribution in [3.63, 3.8) is 0 Å². The molecule has 3 aromatic carbocycles. The molecule has 1 saturated heterocycles. The summed E-state index contributed by atoms with van der Waals surface area (Å²) in [6.45, 7) is 4.26. The molecule has 0 atom stereocenters. The van der Waals surface area contributed by atoms with Crippen LogP contribution in [-0.2, 0) is 4.79 Å². The number of imide groups is 1. The van der Waals surface area contributed by atoms with Crippen molar-refractivity contribution in [1.29, 1.82) is 0 Å². The predicted molar refractivity (Wildman–Crippen MR) is 138 cm³/mol. The Balaban J connectivity index is 1.43. The van der Waals surface area contributed by atoms with E-state index in [-0.39, 0.29) is 30.0 Å². The van der Waals surface area contributed by atoms with Gasteiger partial charge in [-0.15, -0.1) is 0 Å². The standard InChI is InChI=1S/C28H25NO6S/c1-18-9-10-19(2)23(15-18)34-14-13-29-26(30)25(36-28(29)32)17-20-11-12-22(24(16-20)33-3)35-27(31)21-7-5-4-6-8-21/h4-12,15-17H,13-14H2,1-3H3/b25-17-. The molecule has 4 rings (SSSR count). The summed E-state index contributed by atoms with van der Waals surface area (Å²) in [6.07, 6.45) is 1.61. The molecule has 1 heterocycles. The van der Waals surface area contributed by atoms with E-state index in [1.807, 2.05) is 38.1 Å². The van der Waals surface area contributed by atoms with Gasteiger partial charge in [0.2, 0.25) is 0 Å². The van der Waals surface area contributed by atoms with E-state index in [0.29, 0.717) is 21.8 Å². The molecule has 1 aliphatic heterocycles. The smallest absolute Gasteiger partial charge is 0.343 e. The summed E-state index contributed by atoms with van der Waals surface area (Å²) in [5.74, 6) is 0.422. The first-order valence-corrected chi connectivity index (χ1v) is 12.1. The van der Waals surface area contributed by atoms with E-state index in [4.69, 9.17) is 14.2 Å². The topological polar surface area (TPSA) is 82.1 Å². The van der Waals surface area contributed by atoms with Crippen LogP contribution < -0.4 is 14.2 Å². The lowest BCUT2D eigenvalue weighted by Crippen LogP contribution is -2.32. The number of nitrogens with zero attached hydrogens (tertiary/aromatic N) is 1. The Kier molecular flexibility index (Phi) is 7.75. The Bertz CT molecular complexity index is 1340. The summed E-state index contributed by atoms with van der Waals surface area (Å²) in [4.78, 5) is 39.2. The number of hydrogen-bond acceptors (Lipinski definition) is 7. The fraction of sp³-hybridized carbons (Fsp3) is 0.179. The SMILES string of the molecule is COc1cc(/C=C2\SC(=O)N(CCOc3cc(C)ccc3C)C2=O)ccc1OC(=O)c1ccccc1. The molecule has 0 unspecified atom stereocenters. The lowest BCUT2D eigenvalue weighted by molar-refractivity contribution is -0.123. The van der Waals surface area contributed by atoms with Crippen molar-refractivity contribution in [2.24, 2.45) is 0 Å². The quantitative estimate of drug-likeness (QED) is 0.223. The van der Waals surface area contributed by atoms with Crippen LogP contribution in [0.3, 0.4) is 0 Å². The van der Waals surface area contributed by atoms with Gasteiger partial charge in [-0.05, 0) is 78.7 Å². The van der Waals surface area contributed by atoms with E-state index < -0.39 is 5.97 Å². The zero-order chi connectivity index (χ0) is 25.7. The molecule has 184 valence electrons. The van der Waals surface area contributed by atoms with Gasteiger partial charge < -0.3 is 14.2 Å². The summed E-state index contributed by atoms with van der Waals surface area (Å²) in [6, 6.07) is 19.4. The maximum atomic E-state index is 12.9. The van der Waals surface area contributed by atoms with Crippen LogP contribution in [0.2, 0.25) is 0 Å². The third-order valence-corrected chi connectivity index (χ3v) is 6.39. The summed E-state index contributed by atoms with van der Waals surface area (Å²) < 4.78 is 16.6. The first kappa shape index (κ1) is 25.1. The van der Waals surface area contributed by atoms with Crippen LogP contribution >= 0.6 is 11.8 Å². The Labute approximate surface area is 213 Å². The molecular formula is C28H25NO6S. The number of carbonyl (C=O) groups excluding carboxylic acids is 3. The molecule has 0 aliphatic carbocycles. The van der Waals surface area contributed by atoms with Crippen molar-refractivity contribution in [1.82, 2.24) is 4.90 Å². The molecule has 1 aliphatic rings. The molecule has 0 spiro atoms. The lowest BCUT2D eigenvalue weighted by Gasteiger charge is -2.14. The first-order valence-electron chi connectivity index (χ1n) is 11.3. The van der Waals surface area contributed by atoms with Crippen LogP contribution in [0.1, 0.15) is 27.0 Å². The molecule has 0 saturated carbocycles. The van der Waals surface area contributed by atoms with Gasteiger partial charge in [0.15, 0.2) is 11.5 Å². The summed E-state index contributed by atoms with van der Waals surface area (Å²) in [5, 5.41) is -0.351. The maximum absolute atomic E-state index is 12.9. The highest BCUT2D eigenvalue weighted by Crippen LogP contribution is 2.35. The Morgan fingerprint density at radius 1 is 0.944 bits per heavy atom. The zero-order valence-corrected chi connectivity index (χ0v) is 21.0. The molecule has 0 aromatic heterocycles. The number of benzene rings is 3. The summed E-state index contributed by atoms with van der Waals surface area (Å²) >= 11 is 0.871. The second-order valence-electron chi connectivity index (χ2n) is 8.12. The van der Waals surface area contributed by atoms with E-state index in [9.17, 15) is 14.4 Å². The van der Waals surface area contributed by atoms with E-state index in [0.717, 1.165) is 28.6 Å². The van der Waals surface area contributed by atoms with Crippen molar-refractivity contribution >= 4 is 35.0 Å². The van der Waals surface area contributed by atoms with Gasteiger partial charge in [-0.3, -0.25) is 14.5 Å². The largest absolute Gasteiger partial charge is 0.493 e. The highest BCUT2D eigenvalue weighted by Gasteiger charge is 2.34. The molecule has 0 bridgehead atoms. The minimum atomic E-state index is -0.508. The fourth-order valence-corrected chi connectivity index (χ4v) is 4.41. The van der Waals surface area contributed by atoms with Gasteiger partial charge in [-0.25, -0.2) is 4.79 Å².